The quantitative estimate of drug-likeness (QED) is 0.564. The van der Waals surface area contributed by atoms with Gasteiger partial charge in [-0.1, -0.05) is 18.2 Å². The van der Waals surface area contributed by atoms with Crippen LogP contribution in [0.5, 0.6) is 0 Å². The molecule has 0 unspecified atom stereocenters. The first kappa shape index (κ1) is 21.9. The van der Waals surface area contributed by atoms with Crippen LogP contribution in [0.2, 0.25) is 0 Å². The predicted octanol–water partition coefficient (Wildman–Crippen LogP) is 5.02. The lowest BCUT2D eigenvalue weighted by Crippen LogP contribution is -2.39. The Morgan fingerprint density at radius 3 is 2.59 bits per heavy atom. The van der Waals surface area contributed by atoms with E-state index in [1.165, 1.54) is 17.0 Å². The first-order valence-electron chi connectivity index (χ1n) is 9.96. The Balaban J connectivity index is 1.45. The van der Waals surface area contributed by atoms with Gasteiger partial charge in [-0.15, -0.1) is 11.3 Å². The van der Waals surface area contributed by atoms with Crippen molar-refractivity contribution in [3.63, 3.8) is 0 Å². The van der Waals surface area contributed by atoms with Crippen molar-refractivity contribution in [2.75, 3.05) is 23.7 Å². The normalized spacial score (nSPS) is 13.4. The average Bonchev–Trinajstić information content (AvgIpc) is 3.26. The Labute approximate surface area is 186 Å². The van der Waals surface area contributed by atoms with E-state index in [1.807, 2.05) is 11.4 Å². The zero-order valence-corrected chi connectivity index (χ0v) is 17.7. The molecule has 0 saturated carbocycles. The number of halogens is 3. The lowest BCUT2D eigenvalue weighted by atomic mass is 10.1. The summed E-state index contributed by atoms with van der Waals surface area (Å²) in [6.45, 7) is 0.763. The number of anilines is 2. The van der Waals surface area contributed by atoms with Crippen LogP contribution >= 0.6 is 11.3 Å². The second-order valence-electron chi connectivity index (χ2n) is 7.37. The van der Waals surface area contributed by atoms with Crippen molar-refractivity contribution in [2.45, 2.75) is 19.1 Å². The molecule has 2 N–H and O–H groups in total. The van der Waals surface area contributed by atoms with E-state index in [4.69, 9.17) is 0 Å². The van der Waals surface area contributed by atoms with Crippen LogP contribution in [-0.2, 0) is 23.9 Å². The summed E-state index contributed by atoms with van der Waals surface area (Å²) in [5.41, 5.74) is 0.282. The Kier molecular flexibility index (Phi) is 6.18. The number of benzene rings is 2. The molecule has 32 heavy (non-hydrogen) atoms. The number of carbonyl (C=O) groups excluding carboxylic acids is 2. The highest BCUT2D eigenvalue weighted by Crippen LogP contribution is 2.36. The van der Waals surface area contributed by atoms with Crippen LogP contribution in [0.15, 0.2) is 60.0 Å². The lowest BCUT2D eigenvalue weighted by molar-refractivity contribution is -0.137. The van der Waals surface area contributed by atoms with Crippen molar-refractivity contribution in [2.24, 2.45) is 0 Å². The summed E-state index contributed by atoms with van der Waals surface area (Å²) in [6.07, 6.45) is -3.90. The molecule has 0 aliphatic carbocycles. The molecule has 0 radical (unpaired) electrons. The highest BCUT2D eigenvalue weighted by atomic mass is 32.1. The van der Waals surface area contributed by atoms with Gasteiger partial charge >= 0.3 is 6.18 Å². The van der Waals surface area contributed by atoms with Gasteiger partial charge in [0.2, 0.25) is 5.91 Å². The van der Waals surface area contributed by atoms with Gasteiger partial charge in [-0.05, 0) is 53.8 Å². The van der Waals surface area contributed by atoms with E-state index in [1.54, 1.807) is 46.6 Å². The molecule has 0 atom stereocenters. The van der Waals surface area contributed by atoms with Crippen molar-refractivity contribution >= 4 is 34.5 Å². The fourth-order valence-electron chi connectivity index (χ4n) is 3.55. The third-order valence-electron chi connectivity index (χ3n) is 5.21. The molecule has 0 bridgehead atoms. The molecule has 2 heterocycles. The van der Waals surface area contributed by atoms with Gasteiger partial charge < -0.3 is 15.5 Å². The van der Waals surface area contributed by atoms with E-state index in [0.717, 1.165) is 18.1 Å². The number of amides is 2. The van der Waals surface area contributed by atoms with E-state index < -0.39 is 17.6 Å². The molecule has 0 fully saturated rings. The van der Waals surface area contributed by atoms with Crippen LogP contribution in [0.1, 0.15) is 26.4 Å². The number of rotatable bonds is 5. The van der Waals surface area contributed by atoms with E-state index in [0.29, 0.717) is 18.7 Å². The maximum atomic E-state index is 13.7. The maximum absolute atomic E-state index is 13.7. The average molecular weight is 459 g/mol. The number of nitrogens with one attached hydrogen (secondary N) is 2. The smallest absolute Gasteiger partial charge is 0.376 e. The Bertz CT molecular complexity index is 1130. The molecule has 9 heteroatoms. The number of alkyl halides is 3. The maximum Gasteiger partial charge on any atom is 0.418 e. The monoisotopic (exact) mass is 459 g/mol. The highest BCUT2D eigenvalue weighted by molar-refractivity contribution is 7.10. The molecular weight excluding hydrogens is 439 g/mol. The van der Waals surface area contributed by atoms with E-state index in [-0.39, 0.29) is 23.8 Å². The third kappa shape index (κ3) is 4.94. The fourth-order valence-corrected chi connectivity index (χ4v) is 4.44. The number of carbonyl (C=O) groups is 2. The minimum absolute atomic E-state index is 0.0177. The first-order chi connectivity index (χ1) is 15.3. The number of nitrogens with zero attached hydrogens (tertiary/aromatic N) is 1. The van der Waals surface area contributed by atoms with Crippen molar-refractivity contribution < 1.29 is 22.8 Å². The molecule has 0 spiro atoms. The summed E-state index contributed by atoms with van der Waals surface area (Å²) in [5, 5.41) is 7.08. The summed E-state index contributed by atoms with van der Waals surface area (Å²) in [6, 6.07) is 13.7. The number of hydrogen-bond acceptors (Lipinski definition) is 4. The second kappa shape index (κ2) is 9.04. The fraction of sp³-hybridized carbons (Fsp3) is 0.217. The van der Waals surface area contributed by atoms with Crippen molar-refractivity contribution in [1.82, 2.24) is 4.90 Å². The van der Waals surface area contributed by atoms with Gasteiger partial charge in [-0.2, -0.15) is 13.2 Å². The molecule has 4 rings (SSSR count). The van der Waals surface area contributed by atoms with Gasteiger partial charge in [0.15, 0.2) is 0 Å². The van der Waals surface area contributed by atoms with Gasteiger partial charge in [-0.3, -0.25) is 9.59 Å². The van der Waals surface area contributed by atoms with Crippen molar-refractivity contribution in [3.8, 4) is 0 Å². The van der Waals surface area contributed by atoms with E-state index in [9.17, 15) is 22.8 Å². The SMILES string of the molecule is O=C(Nc1ccc(NCC(=O)N2CCc3sccc3C2)c(C(F)(F)F)c1)c1ccccc1. The Morgan fingerprint density at radius 2 is 1.84 bits per heavy atom. The summed E-state index contributed by atoms with van der Waals surface area (Å²) in [4.78, 5) is 27.7. The topological polar surface area (TPSA) is 61.4 Å². The number of fused-ring (bicyclic) bond motifs is 1. The van der Waals surface area contributed by atoms with Crippen LogP contribution in [0.3, 0.4) is 0 Å². The molecule has 5 nitrogen and oxygen atoms in total. The lowest BCUT2D eigenvalue weighted by Gasteiger charge is -2.27. The molecule has 0 saturated heterocycles. The Hall–Kier alpha value is -3.33. The molecule has 166 valence electrons. The van der Waals surface area contributed by atoms with Crippen LogP contribution in [0, 0.1) is 0 Å². The van der Waals surface area contributed by atoms with Crippen LogP contribution in [0.4, 0.5) is 24.5 Å². The van der Waals surface area contributed by atoms with Gasteiger partial charge in [-0.25, -0.2) is 0 Å². The predicted molar refractivity (Wildman–Crippen MR) is 118 cm³/mol. The number of thiophene rings is 1. The van der Waals surface area contributed by atoms with E-state index >= 15 is 0 Å². The molecule has 3 aromatic rings. The van der Waals surface area contributed by atoms with Gasteiger partial charge in [0.05, 0.1) is 12.1 Å². The van der Waals surface area contributed by atoms with E-state index in [2.05, 4.69) is 10.6 Å². The minimum atomic E-state index is -4.66. The molecule has 1 aromatic heterocycles. The molecule has 1 aliphatic rings. The second-order valence-corrected chi connectivity index (χ2v) is 8.37. The highest BCUT2D eigenvalue weighted by Gasteiger charge is 2.34. The minimum Gasteiger partial charge on any atom is -0.376 e. The van der Waals surface area contributed by atoms with Crippen LogP contribution < -0.4 is 10.6 Å². The zero-order chi connectivity index (χ0) is 22.7. The summed E-state index contributed by atoms with van der Waals surface area (Å²) in [7, 11) is 0. The van der Waals surface area contributed by atoms with Gasteiger partial charge in [0.1, 0.15) is 0 Å². The van der Waals surface area contributed by atoms with Crippen LogP contribution in [0.25, 0.3) is 0 Å². The van der Waals surface area contributed by atoms with Crippen LogP contribution in [-0.4, -0.2) is 29.8 Å². The largest absolute Gasteiger partial charge is 0.418 e. The van der Waals surface area contributed by atoms with Crippen molar-refractivity contribution in [1.29, 1.82) is 0 Å². The molecule has 2 amide bonds. The standard InChI is InChI=1S/C23H20F3N3O2S/c24-23(25,26)18-12-17(28-22(31)15-4-2-1-3-5-15)6-7-19(18)27-13-21(30)29-10-8-20-16(14-29)9-11-32-20/h1-7,9,11-12,27H,8,10,13-14H2,(H,28,31). The van der Waals surface area contributed by atoms with Crippen molar-refractivity contribution in [3.05, 3.63) is 81.5 Å². The summed E-state index contributed by atoms with van der Waals surface area (Å²) in [5.74, 6) is -0.774. The number of hydrogen-bond donors (Lipinski definition) is 2. The first-order valence-corrected chi connectivity index (χ1v) is 10.8. The molecular formula is C23H20F3N3O2S. The third-order valence-corrected chi connectivity index (χ3v) is 6.23. The van der Waals surface area contributed by atoms with Gasteiger partial charge in [0, 0.05) is 34.9 Å². The van der Waals surface area contributed by atoms with Gasteiger partial charge in [0.25, 0.3) is 5.91 Å². The molecule has 1 aliphatic heterocycles. The summed E-state index contributed by atoms with van der Waals surface area (Å²) >= 11 is 1.65. The zero-order valence-electron chi connectivity index (χ0n) is 16.9. The Morgan fingerprint density at radius 1 is 1.06 bits per heavy atom. The summed E-state index contributed by atoms with van der Waals surface area (Å²) < 4.78 is 41.0. The molecule has 2 aromatic carbocycles.